The number of hydrogen-bond donors (Lipinski definition) is 1. The minimum atomic E-state index is -1.14. The minimum absolute atomic E-state index is 0.170. The van der Waals surface area contributed by atoms with Crippen LogP contribution in [0.25, 0.3) is 6.08 Å². The summed E-state index contributed by atoms with van der Waals surface area (Å²) in [6, 6.07) is 5.79. The number of benzene rings is 1. The number of aryl methyl sites for hydroxylation is 2. The number of carbonyl (C=O) groups excluding carboxylic acids is 2. The first-order valence-corrected chi connectivity index (χ1v) is 10.6. The van der Waals surface area contributed by atoms with Gasteiger partial charge in [0.25, 0.3) is 5.91 Å². The van der Waals surface area contributed by atoms with Gasteiger partial charge in [-0.25, -0.2) is 4.98 Å². The van der Waals surface area contributed by atoms with Crippen molar-refractivity contribution in [3.63, 3.8) is 0 Å². The molecule has 0 atom stereocenters. The van der Waals surface area contributed by atoms with Crippen LogP contribution in [0.2, 0.25) is 0 Å². The van der Waals surface area contributed by atoms with E-state index in [1.807, 2.05) is 32.0 Å². The molecule has 1 aromatic heterocycles. The fourth-order valence-electron chi connectivity index (χ4n) is 2.90. The van der Waals surface area contributed by atoms with Crippen LogP contribution in [0.3, 0.4) is 0 Å². The third-order valence-corrected chi connectivity index (χ3v) is 6.35. The molecule has 2 aromatic rings. The molecule has 1 saturated heterocycles. The zero-order valence-corrected chi connectivity index (χ0v) is 18.3. The summed E-state index contributed by atoms with van der Waals surface area (Å²) < 4.78 is 0.194. The van der Waals surface area contributed by atoms with Crippen molar-refractivity contribution in [2.45, 2.75) is 20.8 Å². The number of thioether (sulfide) groups is 1. The molecule has 1 aliphatic heterocycles. The lowest BCUT2D eigenvalue weighted by Gasteiger charge is -2.22. The summed E-state index contributed by atoms with van der Waals surface area (Å²) in [6.07, 6.45) is 1.56. The Bertz CT molecular complexity index is 1040. The molecule has 0 unspecified atom stereocenters. The van der Waals surface area contributed by atoms with E-state index in [2.05, 4.69) is 4.98 Å². The highest BCUT2D eigenvalue weighted by Gasteiger charge is 2.33. The van der Waals surface area contributed by atoms with E-state index < -0.39 is 18.4 Å². The van der Waals surface area contributed by atoms with Crippen molar-refractivity contribution < 1.29 is 19.5 Å². The first-order valence-electron chi connectivity index (χ1n) is 8.48. The molecule has 0 spiro atoms. The molecule has 0 aliphatic carbocycles. The number of para-hydroxylation sites is 1. The number of carbonyl (C=O) groups is 3. The summed E-state index contributed by atoms with van der Waals surface area (Å²) in [6.45, 7) is 4.86. The highest BCUT2D eigenvalue weighted by atomic mass is 32.2. The van der Waals surface area contributed by atoms with Gasteiger partial charge in [-0.15, -0.1) is 11.3 Å². The maximum atomic E-state index is 12.4. The number of carboxylic acid groups (broad SMARTS) is 1. The van der Waals surface area contributed by atoms with E-state index in [9.17, 15) is 14.4 Å². The van der Waals surface area contributed by atoms with Gasteiger partial charge in [-0.05, 0) is 31.1 Å². The standard InChI is InChI=1S/C19H17N3O4S3/c1-10-5-4-6-11(2)16(10)22(12(3)23)18-20-13(9-28-18)7-14-17(26)21(8-15(24)25)19(27)29-14/h4-7,9H,8H2,1-3H3,(H,24,25)/b14-7+. The quantitative estimate of drug-likeness (QED) is 0.552. The first-order chi connectivity index (χ1) is 13.7. The van der Waals surface area contributed by atoms with Crippen LogP contribution < -0.4 is 4.90 Å². The lowest BCUT2D eigenvalue weighted by Crippen LogP contribution is -2.33. The van der Waals surface area contributed by atoms with Crippen LogP contribution in [-0.2, 0) is 14.4 Å². The van der Waals surface area contributed by atoms with Crippen molar-refractivity contribution in [3.05, 3.63) is 45.3 Å². The fourth-order valence-corrected chi connectivity index (χ4v) is 4.97. The van der Waals surface area contributed by atoms with Gasteiger partial charge in [0.1, 0.15) is 10.9 Å². The van der Waals surface area contributed by atoms with Crippen LogP contribution >= 0.6 is 35.3 Å². The van der Waals surface area contributed by atoms with Gasteiger partial charge < -0.3 is 5.11 Å². The summed E-state index contributed by atoms with van der Waals surface area (Å²) in [5, 5.41) is 11.2. The normalized spacial score (nSPS) is 15.3. The Morgan fingerprint density at radius 1 is 1.31 bits per heavy atom. The Hall–Kier alpha value is -2.56. The van der Waals surface area contributed by atoms with Crippen molar-refractivity contribution in [2.24, 2.45) is 0 Å². The van der Waals surface area contributed by atoms with Crippen LogP contribution in [-0.4, -0.2) is 43.6 Å². The Kier molecular flexibility index (Phi) is 6.15. The summed E-state index contributed by atoms with van der Waals surface area (Å²) in [4.78, 5) is 43.1. The molecule has 0 saturated carbocycles. The third kappa shape index (κ3) is 4.39. The van der Waals surface area contributed by atoms with Crippen LogP contribution in [0.15, 0.2) is 28.5 Å². The van der Waals surface area contributed by atoms with Crippen molar-refractivity contribution in [1.82, 2.24) is 9.88 Å². The SMILES string of the molecule is CC(=O)N(c1nc(/C=C2/SC(=S)N(CC(=O)O)C2=O)cs1)c1c(C)cccc1C. The van der Waals surface area contributed by atoms with Crippen LogP contribution in [0, 0.1) is 13.8 Å². The molecule has 1 aliphatic rings. The predicted molar refractivity (Wildman–Crippen MR) is 118 cm³/mol. The highest BCUT2D eigenvalue weighted by Crippen LogP contribution is 2.36. The number of amides is 2. The maximum absolute atomic E-state index is 12.4. The minimum Gasteiger partial charge on any atom is -0.480 e. The van der Waals surface area contributed by atoms with Gasteiger partial charge in [-0.1, -0.05) is 42.2 Å². The van der Waals surface area contributed by atoms with Gasteiger partial charge in [0.15, 0.2) is 5.13 Å². The van der Waals surface area contributed by atoms with Crippen molar-refractivity contribution in [1.29, 1.82) is 0 Å². The average Bonchev–Trinajstić information content (AvgIpc) is 3.18. The molecular formula is C19H17N3O4S3. The molecule has 1 fully saturated rings. The number of aromatic nitrogens is 1. The number of thiocarbonyl (C=S) groups is 1. The zero-order valence-electron chi connectivity index (χ0n) is 15.8. The molecule has 2 heterocycles. The van der Waals surface area contributed by atoms with E-state index in [0.717, 1.165) is 33.5 Å². The number of carboxylic acids is 1. The largest absolute Gasteiger partial charge is 0.480 e. The van der Waals surface area contributed by atoms with Crippen LogP contribution in [0.5, 0.6) is 0 Å². The van der Waals surface area contributed by atoms with E-state index >= 15 is 0 Å². The van der Waals surface area contributed by atoms with E-state index in [-0.39, 0.29) is 10.2 Å². The fraction of sp³-hybridized carbons (Fsp3) is 0.211. The van der Waals surface area contributed by atoms with Gasteiger partial charge in [0.05, 0.1) is 16.3 Å². The molecule has 10 heteroatoms. The molecule has 3 rings (SSSR count). The smallest absolute Gasteiger partial charge is 0.323 e. The lowest BCUT2D eigenvalue weighted by molar-refractivity contribution is -0.140. The van der Waals surface area contributed by atoms with Crippen molar-refractivity contribution in [2.75, 3.05) is 11.4 Å². The molecule has 2 amide bonds. The molecule has 0 bridgehead atoms. The summed E-state index contributed by atoms with van der Waals surface area (Å²) in [5.41, 5.74) is 3.19. The highest BCUT2D eigenvalue weighted by molar-refractivity contribution is 8.26. The van der Waals surface area contributed by atoms with E-state index in [1.54, 1.807) is 16.4 Å². The molecule has 0 radical (unpaired) electrons. The molecule has 29 heavy (non-hydrogen) atoms. The first kappa shape index (κ1) is 21.2. The second-order valence-corrected chi connectivity index (χ2v) is 8.82. The number of hydrogen-bond acceptors (Lipinski definition) is 7. The Morgan fingerprint density at radius 3 is 2.55 bits per heavy atom. The van der Waals surface area contributed by atoms with Gasteiger partial charge in [-0.2, -0.15) is 0 Å². The third-order valence-electron chi connectivity index (χ3n) is 4.13. The molecule has 150 valence electrons. The van der Waals surface area contributed by atoms with Gasteiger partial charge in [0.2, 0.25) is 5.91 Å². The molecule has 1 N–H and O–H groups in total. The summed E-state index contributed by atoms with van der Waals surface area (Å²) in [7, 11) is 0. The Balaban J connectivity index is 1.93. The van der Waals surface area contributed by atoms with Crippen LogP contribution in [0.4, 0.5) is 10.8 Å². The van der Waals surface area contributed by atoms with E-state index in [0.29, 0.717) is 15.7 Å². The second-order valence-electron chi connectivity index (χ2n) is 6.31. The number of anilines is 2. The number of aliphatic carboxylic acids is 1. The van der Waals surface area contributed by atoms with Gasteiger partial charge >= 0.3 is 5.97 Å². The van der Waals surface area contributed by atoms with Gasteiger partial charge in [-0.3, -0.25) is 24.2 Å². The number of nitrogens with zero attached hydrogens (tertiary/aromatic N) is 3. The maximum Gasteiger partial charge on any atom is 0.323 e. The van der Waals surface area contributed by atoms with Crippen molar-refractivity contribution >= 4 is 74.3 Å². The summed E-state index contributed by atoms with van der Waals surface area (Å²) in [5.74, 6) is -1.77. The predicted octanol–water partition coefficient (Wildman–Crippen LogP) is 3.73. The number of rotatable bonds is 5. The Morgan fingerprint density at radius 2 is 1.97 bits per heavy atom. The van der Waals surface area contributed by atoms with E-state index in [4.69, 9.17) is 17.3 Å². The zero-order chi connectivity index (χ0) is 21.3. The lowest BCUT2D eigenvalue weighted by atomic mass is 10.1. The molecule has 7 nitrogen and oxygen atoms in total. The van der Waals surface area contributed by atoms with Gasteiger partial charge in [0, 0.05) is 12.3 Å². The number of thiazole rings is 1. The molecule has 1 aromatic carbocycles. The summed E-state index contributed by atoms with van der Waals surface area (Å²) >= 11 is 7.41. The molecular weight excluding hydrogens is 430 g/mol. The Labute approximate surface area is 181 Å². The average molecular weight is 448 g/mol. The van der Waals surface area contributed by atoms with Crippen molar-refractivity contribution in [3.8, 4) is 0 Å². The topological polar surface area (TPSA) is 90.8 Å². The van der Waals surface area contributed by atoms with E-state index in [1.165, 1.54) is 18.3 Å². The monoisotopic (exact) mass is 447 g/mol. The van der Waals surface area contributed by atoms with Crippen LogP contribution in [0.1, 0.15) is 23.7 Å². The second kappa shape index (κ2) is 8.44.